The van der Waals surface area contributed by atoms with Gasteiger partial charge in [-0.15, -0.1) is 22.7 Å². The summed E-state index contributed by atoms with van der Waals surface area (Å²) in [5, 5.41) is 13.5. The van der Waals surface area contributed by atoms with Crippen LogP contribution in [-0.2, 0) is 6.42 Å². The Balaban J connectivity index is 2.02. The molecule has 0 aromatic carbocycles. The topological polar surface area (TPSA) is 37.3 Å². The standard InChI is InChI=1S/C24H36O2S2/c1-3-5-7-9-11-13-19(12-10-8-6-4-2)18-20-14-16-27-22(20)23-21(24(25)26)15-17-28-23/h14-17,19H,3-13,18H2,1-2H3,(H,25,26). The molecule has 0 saturated carbocycles. The van der Waals surface area contributed by atoms with Crippen molar-refractivity contribution in [3.8, 4) is 9.75 Å². The summed E-state index contributed by atoms with van der Waals surface area (Å²) < 4.78 is 0. The van der Waals surface area contributed by atoms with Crippen LogP contribution in [0.15, 0.2) is 22.9 Å². The minimum Gasteiger partial charge on any atom is -0.478 e. The molecule has 1 unspecified atom stereocenters. The van der Waals surface area contributed by atoms with E-state index in [9.17, 15) is 9.90 Å². The molecule has 4 heteroatoms. The zero-order valence-corrected chi connectivity index (χ0v) is 19.2. The largest absolute Gasteiger partial charge is 0.478 e. The van der Waals surface area contributed by atoms with Gasteiger partial charge in [-0.1, -0.05) is 84.5 Å². The van der Waals surface area contributed by atoms with E-state index in [1.807, 2.05) is 5.38 Å². The first-order valence-corrected chi connectivity index (χ1v) is 12.8. The molecular formula is C24H36O2S2. The second-order valence-electron chi connectivity index (χ2n) is 7.87. The third kappa shape index (κ3) is 7.36. The Labute approximate surface area is 179 Å². The van der Waals surface area contributed by atoms with Gasteiger partial charge >= 0.3 is 5.97 Å². The maximum Gasteiger partial charge on any atom is 0.337 e. The number of hydrogen-bond acceptors (Lipinski definition) is 3. The molecule has 0 fully saturated rings. The number of unbranched alkanes of at least 4 members (excludes halogenated alkanes) is 7. The Morgan fingerprint density at radius 3 is 2.07 bits per heavy atom. The summed E-state index contributed by atoms with van der Waals surface area (Å²) in [6.07, 6.45) is 15.7. The van der Waals surface area contributed by atoms with E-state index in [1.54, 1.807) is 28.7 Å². The van der Waals surface area contributed by atoms with Crippen LogP contribution in [0.4, 0.5) is 0 Å². The first-order chi connectivity index (χ1) is 13.7. The van der Waals surface area contributed by atoms with E-state index in [4.69, 9.17) is 0 Å². The number of aromatic carboxylic acids is 1. The molecule has 0 aliphatic rings. The molecule has 1 atom stereocenters. The van der Waals surface area contributed by atoms with Gasteiger partial charge in [0.25, 0.3) is 0 Å². The van der Waals surface area contributed by atoms with Crippen molar-refractivity contribution in [1.29, 1.82) is 0 Å². The summed E-state index contributed by atoms with van der Waals surface area (Å²) in [6.45, 7) is 4.54. The van der Waals surface area contributed by atoms with Crippen LogP contribution in [0.2, 0.25) is 0 Å². The molecule has 2 aromatic heterocycles. The van der Waals surface area contributed by atoms with Gasteiger partial charge < -0.3 is 5.11 Å². The molecular weight excluding hydrogens is 384 g/mol. The maximum absolute atomic E-state index is 11.6. The summed E-state index contributed by atoms with van der Waals surface area (Å²) in [5.41, 5.74) is 1.80. The van der Waals surface area contributed by atoms with Crippen molar-refractivity contribution < 1.29 is 9.90 Å². The van der Waals surface area contributed by atoms with Crippen LogP contribution in [0.1, 0.15) is 100 Å². The lowest BCUT2D eigenvalue weighted by molar-refractivity contribution is 0.0698. The van der Waals surface area contributed by atoms with Gasteiger partial charge in [0.1, 0.15) is 0 Å². The van der Waals surface area contributed by atoms with E-state index in [0.717, 1.165) is 17.2 Å². The van der Waals surface area contributed by atoms with Crippen molar-refractivity contribution in [3.63, 3.8) is 0 Å². The smallest absolute Gasteiger partial charge is 0.337 e. The molecule has 0 aliphatic carbocycles. The predicted octanol–water partition coefficient (Wildman–Crippen LogP) is 8.66. The molecule has 0 amide bonds. The minimum absolute atomic E-state index is 0.452. The van der Waals surface area contributed by atoms with Crippen molar-refractivity contribution in [1.82, 2.24) is 0 Å². The quantitative estimate of drug-likeness (QED) is 0.293. The van der Waals surface area contributed by atoms with Crippen LogP contribution >= 0.6 is 22.7 Å². The summed E-state index contributed by atoms with van der Waals surface area (Å²) in [5.74, 6) is -0.0947. The van der Waals surface area contributed by atoms with Gasteiger partial charge in [0.05, 0.1) is 10.4 Å². The van der Waals surface area contributed by atoms with Crippen molar-refractivity contribution in [2.24, 2.45) is 5.92 Å². The highest BCUT2D eigenvalue weighted by Crippen LogP contribution is 2.38. The molecule has 0 bridgehead atoms. The van der Waals surface area contributed by atoms with Gasteiger partial charge in [0.2, 0.25) is 0 Å². The SMILES string of the molecule is CCCCCCCC(CCCCCC)Cc1ccsc1-c1sccc1C(=O)O. The number of carboxylic acid groups (broad SMARTS) is 1. The van der Waals surface area contributed by atoms with Crippen molar-refractivity contribution in [3.05, 3.63) is 34.0 Å². The molecule has 2 rings (SSSR count). The highest BCUT2D eigenvalue weighted by Gasteiger charge is 2.19. The van der Waals surface area contributed by atoms with Crippen LogP contribution < -0.4 is 0 Å². The molecule has 28 heavy (non-hydrogen) atoms. The molecule has 0 aliphatic heterocycles. The molecule has 1 N–H and O–H groups in total. The van der Waals surface area contributed by atoms with Crippen LogP contribution in [0.3, 0.4) is 0 Å². The fourth-order valence-electron chi connectivity index (χ4n) is 3.90. The molecule has 2 aromatic rings. The van der Waals surface area contributed by atoms with Crippen molar-refractivity contribution in [2.45, 2.75) is 90.9 Å². The Hall–Kier alpha value is -1.13. The number of carbonyl (C=O) groups is 1. The van der Waals surface area contributed by atoms with E-state index in [2.05, 4.69) is 25.3 Å². The molecule has 2 heterocycles. The van der Waals surface area contributed by atoms with Gasteiger partial charge in [-0.2, -0.15) is 0 Å². The molecule has 156 valence electrons. The summed E-state index contributed by atoms with van der Waals surface area (Å²) in [4.78, 5) is 13.7. The van der Waals surface area contributed by atoms with Gasteiger partial charge in [0.15, 0.2) is 0 Å². The Morgan fingerprint density at radius 1 is 0.857 bits per heavy atom. The number of hydrogen-bond donors (Lipinski definition) is 1. The molecule has 0 spiro atoms. The second kappa shape index (κ2) is 13.2. The summed E-state index contributed by atoms with van der Waals surface area (Å²) in [7, 11) is 0. The van der Waals surface area contributed by atoms with Gasteiger partial charge in [-0.3, -0.25) is 0 Å². The highest BCUT2D eigenvalue weighted by molar-refractivity contribution is 7.20. The minimum atomic E-state index is -0.817. The van der Waals surface area contributed by atoms with E-state index in [1.165, 1.54) is 81.1 Å². The maximum atomic E-state index is 11.6. The summed E-state index contributed by atoms with van der Waals surface area (Å²) >= 11 is 3.25. The zero-order chi connectivity index (χ0) is 20.2. The molecule has 0 saturated heterocycles. The number of carboxylic acids is 1. The third-order valence-corrected chi connectivity index (χ3v) is 7.57. The van der Waals surface area contributed by atoms with Gasteiger partial charge in [-0.25, -0.2) is 4.79 Å². The second-order valence-corrected chi connectivity index (χ2v) is 9.70. The fraction of sp³-hybridized carbons (Fsp3) is 0.625. The Morgan fingerprint density at radius 2 is 1.43 bits per heavy atom. The lowest BCUT2D eigenvalue weighted by atomic mass is 9.88. The van der Waals surface area contributed by atoms with E-state index < -0.39 is 5.97 Å². The van der Waals surface area contributed by atoms with Crippen LogP contribution in [-0.4, -0.2) is 11.1 Å². The van der Waals surface area contributed by atoms with Gasteiger partial charge in [-0.05, 0) is 40.8 Å². The van der Waals surface area contributed by atoms with Crippen molar-refractivity contribution >= 4 is 28.6 Å². The number of rotatable bonds is 15. The normalized spacial score (nSPS) is 12.4. The van der Waals surface area contributed by atoms with Crippen LogP contribution in [0, 0.1) is 5.92 Å². The van der Waals surface area contributed by atoms with E-state index in [0.29, 0.717) is 5.56 Å². The Bertz CT molecular complexity index is 686. The summed E-state index contributed by atoms with van der Waals surface area (Å²) in [6, 6.07) is 3.96. The lowest BCUT2D eigenvalue weighted by Gasteiger charge is -2.17. The van der Waals surface area contributed by atoms with Crippen molar-refractivity contribution in [2.75, 3.05) is 0 Å². The van der Waals surface area contributed by atoms with Crippen LogP contribution in [0.5, 0.6) is 0 Å². The average molecular weight is 421 g/mol. The Kier molecular flexibility index (Phi) is 10.9. The first-order valence-electron chi connectivity index (χ1n) is 11.0. The molecule has 2 nitrogen and oxygen atoms in total. The monoisotopic (exact) mass is 420 g/mol. The van der Waals surface area contributed by atoms with Crippen LogP contribution in [0.25, 0.3) is 9.75 Å². The van der Waals surface area contributed by atoms with Gasteiger partial charge in [0, 0.05) is 4.88 Å². The molecule has 0 radical (unpaired) electrons. The zero-order valence-electron chi connectivity index (χ0n) is 17.5. The van der Waals surface area contributed by atoms with E-state index >= 15 is 0 Å². The lowest BCUT2D eigenvalue weighted by Crippen LogP contribution is -2.06. The fourth-order valence-corrected chi connectivity index (χ4v) is 5.94. The first kappa shape index (κ1) is 23.2. The highest BCUT2D eigenvalue weighted by atomic mass is 32.1. The van der Waals surface area contributed by atoms with E-state index in [-0.39, 0.29) is 0 Å². The third-order valence-electron chi connectivity index (χ3n) is 5.54. The average Bonchev–Trinajstić information content (AvgIpc) is 3.33. The number of thiophene rings is 2. The predicted molar refractivity (Wildman–Crippen MR) is 124 cm³/mol.